The molecule has 2 N–H and O–H groups in total. The molecule has 0 atom stereocenters. The van der Waals surface area contributed by atoms with E-state index in [0.717, 1.165) is 6.54 Å². The number of aromatic nitrogens is 1. The molecule has 1 aromatic rings. The number of hydrogen-bond donors (Lipinski definition) is 2. The van der Waals surface area contributed by atoms with Gasteiger partial charge in [0.2, 0.25) is 0 Å². The molecule has 0 aromatic carbocycles. The number of amides is 1. The third kappa shape index (κ3) is 6.33. The molecular weight excluding hydrogens is 278 g/mol. The van der Waals surface area contributed by atoms with Crippen LogP contribution in [0.1, 0.15) is 52.0 Å². The molecule has 1 amide bonds. The van der Waals surface area contributed by atoms with Crippen molar-refractivity contribution in [2.24, 2.45) is 10.8 Å². The van der Waals surface area contributed by atoms with E-state index in [4.69, 9.17) is 4.74 Å². The van der Waals surface area contributed by atoms with Gasteiger partial charge in [-0.1, -0.05) is 41.5 Å². The zero-order valence-electron chi connectivity index (χ0n) is 14.8. The fourth-order valence-electron chi connectivity index (χ4n) is 1.66. The minimum Gasteiger partial charge on any atom is -0.494 e. The summed E-state index contributed by atoms with van der Waals surface area (Å²) in [6.45, 7) is 14.0. The van der Waals surface area contributed by atoms with Crippen molar-refractivity contribution in [1.82, 2.24) is 10.3 Å². The molecule has 1 rings (SSSR count). The Morgan fingerprint density at radius 2 is 1.68 bits per heavy atom. The van der Waals surface area contributed by atoms with Crippen LogP contribution < -0.4 is 15.4 Å². The van der Waals surface area contributed by atoms with Gasteiger partial charge >= 0.3 is 0 Å². The van der Waals surface area contributed by atoms with Crippen molar-refractivity contribution in [3.05, 3.63) is 17.8 Å². The van der Waals surface area contributed by atoms with Gasteiger partial charge in [0.25, 0.3) is 5.91 Å². The third-order valence-electron chi connectivity index (χ3n) is 2.87. The topological polar surface area (TPSA) is 63.2 Å². The first-order valence-electron chi connectivity index (χ1n) is 7.59. The molecule has 22 heavy (non-hydrogen) atoms. The van der Waals surface area contributed by atoms with Crippen LogP contribution in [0.5, 0.6) is 5.75 Å². The first-order valence-corrected chi connectivity index (χ1v) is 7.59. The average Bonchev–Trinajstić information content (AvgIpc) is 2.40. The van der Waals surface area contributed by atoms with Crippen molar-refractivity contribution in [2.45, 2.75) is 41.5 Å². The van der Waals surface area contributed by atoms with Crippen molar-refractivity contribution in [3.63, 3.8) is 0 Å². The van der Waals surface area contributed by atoms with Crippen LogP contribution in [-0.4, -0.2) is 31.1 Å². The second-order valence-electron chi connectivity index (χ2n) is 7.90. The largest absolute Gasteiger partial charge is 0.494 e. The van der Waals surface area contributed by atoms with Crippen molar-refractivity contribution in [2.75, 3.05) is 25.5 Å². The van der Waals surface area contributed by atoms with E-state index in [2.05, 4.69) is 57.2 Å². The molecule has 0 spiro atoms. The standard InChI is InChI=1S/C17H29N3O2/c1-16(2,3)10-18-13-9-8-12(22-7)14(20-13)15(21)19-11-17(4,5)6/h8-9H,10-11H2,1-7H3,(H,18,20)(H,19,21). The highest BCUT2D eigenvalue weighted by Crippen LogP contribution is 2.21. The van der Waals surface area contributed by atoms with Crippen LogP contribution in [0.3, 0.4) is 0 Å². The Hall–Kier alpha value is -1.78. The Balaban J connectivity index is 2.89. The maximum absolute atomic E-state index is 12.3. The molecule has 5 heteroatoms. The van der Waals surface area contributed by atoms with Crippen LogP contribution in [0.15, 0.2) is 12.1 Å². The van der Waals surface area contributed by atoms with E-state index in [1.54, 1.807) is 13.2 Å². The minimum atomic E-state index is -0.216. The highest BCUT2D eigenvalue weighted by Gasteiger charge is 2.18. The maximum atomic E-state index is 12.3. The second kappa shape index (κ2) is 6.99. The maximum Gasteiger partial charge on any atom is 0.273 e. The summed E-state index contributed by atoms with van der Waals surface area (Å²) in [5, 5.41) is 6.16. The number of nitrogens with one attached hydrogen (secondary N) is 2. The van der Waals surface area contributed by atoms with Crippen molar-refractivity contribution < 1.29 is 9.53 Å². The predicted octanol–water partition coefficient (Wildman–Crippen LogP) is 3.32. The third-order valence-corrected chi connectivity index (χ3v) is 2.87. The van der Waals surface area contributed by atoms with Gasteiger partial charge in [-0.05, 0) is 23.0 Å². The average molecular weight is 307 g/mol. The van der Waals surface area contributed by atoms with E-state index in [0.29, 0.717) is 23.8 Å². The van der Waals surface area contributed by atoms with Gasteiger partial charge in [0.1, 0.15) is 11.6 Å². The summed E-state index contributed by atoms with van der Waals surface area (Å²) in [5.74, 6) is 0.940. The molecule has 0 fully saturated rings. The monoisotopic (exact) mass is 307 g/mol. The first kappa shape index (κ1) is 18.3. The molecule has 0 aliphatic rings. The van der Waals surface area contributed by atoms with E-state index < -0.39 is 0 Å². The van der Waals surface area contributed by atoms with Gasteiger partial charge in [-0.25, -0.2) is 4.98 Å². The van der Waals surface area contributed by atoms with Crippen LogP contribution in [0.2, 0.25) is 0 Å². The number of carbonyl (C=O) groups is 1. The zero-order chi connectivity index (χ0) is 17.0. The number of methoxy groups -OCH3 is 1. The van der Waals surface area contributed by atoms with E-state index >= 15 is 0 Å². The summed E-state index contributed by atoms with van der Waals surface area (Å²) in [4.78, 5) is 16.7. The SMILES string of the molecule is COc1ccc(NCC(C)(C)C)nc1C(=O)NCC(C)(C)C. The fraction of sp³-hybridized carbons (Fsp3) is 0.647. The highest BCUT2D eigenvalue weighted by molar-refractivity contribution is 5.95. The van der Waals surface area contributed by atoms with Gasteiger partial charge in [0.05, 0.1) is 7.11 Å². The Bertz CT molecular complexity index is 514. The summed E-state index contributed by atoms with van der Waals surface area (Å²) in [5.41, 5.74) is 0.465. The van der Waals surface area contributed by atoms with Crippen LogP contribution >= 0.6 is 0 Å². The molecule has 0 aliphatic heterocycles. The number of pyridine rings is 1. The molecule has 0 bridgehead atoms. The quantitative estimate of drug-likeness (QED) is 0.876. The summed E-state index contributed by atoms with van der Waals surface area (Å²) >= 11 is 0. The lowest BCUT2D eigenvalue weighted by Crippen LogP contribution is -2.33. The van der Waals surface area contributed by atoms with Crippen molar-refractivity contribution in [1.29, 1.82) is 0 Å². The first-order chi connectivity index (χ1) is 10.0. The lowest BCUT2D eigenvalue weighted by Gasteiger charge is -2.20. The Labute approximate surface area is 133 Å². The van der Waals surface area contributed by atoms with Gasteiger partial charge in [-0.3, -0.25) is 4.79 Å². The summed E-state index contributed by atoms with van der Waals surface area (Å²) in [6, 6.07) is 3.59. The van der Waals surface area contributed by atoms with E-state index in [-0.39, 0.29) is 16.7 Å². The van der Waals surface area contributed by atoms with Crippen molar-refractivity contribution >= 4 is 11.7 Å². The van der Waals surface area contributed by atoms with Crippen LogP contribution in [-0.2, 0) is 0 Å². The van der Waals surface area contributed by atoms with Gasteiger partial charge in [0.15, 0.2) is 5.69 Å². The molecule has 5 nitrogen and oxygen atoms in total. The molecule has 0 saturated heterocycles. The number of ether oxygens (including phenoxy) is 1. The molecule has 0 saturated carbocycles. The van der Waals surface area contributed by atoms with E-state index in [1.165, 1.54) is 0 Å². The number of hydrogen-bond acceptors (Lipinski definition) is 4. The summed E-state index contributed by atoms with van der Waals surface area (Å²) in [6.07, 6.45) is 0. The number of nitrogens with zero attached hydrogens (tertiary/aromatic N) is 1. The Kier molecular flexibility index (Phi) is 5.80. The number of carbonyl (C=O) groups excluding carboxylic acids is 1. The normalized spacial score (nSPS) is 12.0. The van der Waals surface area contributed by atoms with Gasteiger partial charge < -0.3 is 15.4 Å². The minimum absolute atomic E-state index is 0.0188. The molecule has 0 radical (unpaired) electrons. The number of anilines is 1. The fourth-order valence-corrected chi connectivity index (χ4v) is 1.66. The van der Waals surface area contributed by atoms with E-state index in [9.17, 15) is 4.79 Å². The van der Waals surface area contributed by atoms with Gasteiger partial charge in [-0.2, -0.15) is 0 Å². The van der Waals surface area contributed by atoms with Crippen LogP contribution in [0, 0.1) is 10.8 Å². The lowest BCUT2D eigenvalue weighted by atomic mass is 9.97. The second-order valence-corrected chi connectivity index (χ2v) is 7.90. The van der Waals surface area contributed by atoms with Gasteiger partial charge in [0, 0.05) is 13.1 Å². The summed E-state index contributed by atoms with van der Waals surface area (Å²) in [7, 11) is 1.54. The van der Waals surface area contributed by atoms with Crippen LogP contribution in [0.4, 0.5) is 5.82 Å². The molecule has 1 aromatic heterocycles. The van der Waals surface area contributed by atoms with Crippen LogP contribution in [0.25, 0.3) is 0 Å². The van der Waals surface area contributed by atoms with Crippen molar-refractivity contribution in [3.8, 4) is 5.75 Å². The predicted molar refractivity (Wildman–Crippen MR) is 90.5 cm³/mol. The molecule has 124 valence electrons. The Morgan fingerprint density at radius 3 is 2.18 bits per heavy atom. The lowest BCUT2D eigenvalue weighted by molar-refractivity contribution is 0.0931. The van der Waals surface area contributed by atoms with Gasteiger partial charge in [-0.15, -0.1) is 0 Å². The molecule has 1 heterocycles. The smallest absolute Gasteiger partial charge is 0.273 e. The highest BCUT2D eigenvalue weighted by atomic mass is 16.5. The molecule has 0 aliphatic carbocycles. The Morgan fingerprint density at radius 1 is 1.09 bits per heavy atom. The molecular formula is C17H29N3O2. The molecule has 0 unspecified atom stereocenters. The number of rotatable bonds is 5. The zero-order valence-corrected chi connectivity index (χ0v) is 14.8. The van der Waals surface area contributed by atoms with E-state index in [1.807, 2.05) is 6.07 Å². The summed E-state index contributed by atoms with van der Waals surface area (Å²) < 4.78 is 5.25.